The average Bonchev–Trinajstić information content (AvgIpc) is 2.15. The van der Waals surface area contributed by atoms with Crippen LogP contribution >= 0.6 is 0 Å². The number of amides is 2. The Balaban J connectivity index is 2.33. The van der Waals surface area contributed by atoms with Gasteiger partial charge in [0.1, 0.15) is 0 Å². The molecule has 1 heterocycles. The van der Waals surface area contributed by atoms with Crippen LogP contribution in [0.2, 0.25) is 0 Å². The van der Waals surface area contributed by atoms with Gasteiger partial charge in [0, 0.05) is 19.6 Å². The highest BCUT2D eigenvalue weighted by Crippen LogP contribution is 2.01. The smallest absolute Gasteiger partial charge is 0.317 e. The fraction of sp³-hybridized carbons (Fsp3) is 0.857. The van der Waals surface area contributed by atoms with Gasteiger partial charge >= 0.3 is 6.03 Å². The van der Waals surface area contributed by atoms with Gasteiger partial charge in [0.2, 0.25) is 0 Å². The summed E-state index contributed by atoms with van der Waals surface area (Å²) in [5, 5.41) is 2.76. The van der Waals surface area contributed by atoms with E-state index in [0.29, 0.717) is 5.92 Å². The Morgan fingerprint density at radius 1 is 1.70 bits per heavy atom. The van der Waals surface area contributed by atoms with Gasteiger partial charge in [-0.25, -0.2) is 4.79 Å². The maximum atomic E-state index is 10.9. The largest absolute Gasteiger partial charge is 0.336 e. The van der Waals surface area contributed by atoms with E-state index in [4.69, 9.17) is 0 Å². The van der Waals surface area contributed by atoms with Crippen molar-refractivity contribution in [2.24, 2.45) is 5.92 Å². The first-order valence-corrected chi connectivity index (χ1v) is 3.73. The highest BCUT2D eigenvalue weighted by Gasteiger charge is 2.19. The monoisotopic (exact) mass is 142 g/mol. The van der Waals surface area contributed by atoms with Crippen LogP contribution in [-0.4, -0.2) is 30.6 Å². The molecule has 1 aliphatic heterocycles. The summed E-state index contributed by atoms with van der Waals surface area (Å²) in [4.78, 5) is 12.8. The third-order valence-corrected chi connectivity index (χ3v) is 1.53. The van der Waals surface area contributed by atoms with Crippen molar-refractivity contribution in [1.82, 2.24) is 10.2 Å². The molecule has 0 radical (unpaired) electrons. The number of nitrogens with zero attached hydrogens (tertiary/aromatic N) is 1. The Hall–Kier alpha value is -0.730. The zero-order chi connectivity index (χ0) is 7.56. The summed E-state index contributed by atoms with van der Waals surface area (Å²) in [6, 6.07) is 0.0914. The van der Waals surface area contributed by atoms with Crippen LogP contribution in [-0.2, 0) is 0 Å². The Labute approximate surface area is 61.4 Å². The lowest BCUT2D eigenvalue weighted by atomic mass is 10.2. The molecule has 10 heavy (non-hydrogen) atoms. The molecule has 2 amide bonds. The molecule has 0 saturated carbocycles. The van der Waals surface area contributed by atoms with Crippen molar-refractivity contribution in [1.29, 1.82) is 0 Å². The first-order valence-electron chi connectivity index (χ1n) is 3.73. The van der Waals surface area contributed by atoms with E-state index in [9.17, 15) is 4.79 Å². The van der Waals surface area contributed by atoms with Gasteiger partial charge in [-0.1, -0.05) is 13.8 Å². The van der Waals surface area contributed by atoms with Crippen LogP contribution in [0, 0.1) is 5.92 Å². The maximum Gasteiger partial charge on any atom is 0.317 e. The SMILES string of the molecule is CC(C)CN1CCNC1=O. The molecule has 1 aliphatic rings. The molecule has 0 spiro atoms. The molecule has 0 aromatic carbocycles. The maximum absolute atomic E-state index is 10.9. The third-order valence-electron chi connectivity index (χ3n) is 1.53. The topological polar surface area (TPSA) is 32.3 Å². The molecule has 1 fully saturated rings. The molecular formula is C7H14N2O. The predicted octanol–water partition coefficient (Wildman–Crippen LogP) is 0.668. The normalized spacial score (nSPS) is 18.3. The van der Waals surface area contributed by atoms with Crippen molar-refractivity contribution < 1.29 is 4.79 Å². The molecule has 0 aromatic heterocycles. The fourth-order valence-electron chi connectivity index (χ4n) is 1.13. The number of carbonyl (C=O) groups excluding carboxylic acids is 1. The van der Waals surface area contributed by atoms with Crippen LogP contribution < -0.4 is 5.32 Å². The van der Waals surface area contributed by atoms with Crippen LogP contribution in [0.25, 0.3) is 0 Å². The summed E-state index contributed by atoms with van der Waals surface area (Å²) in [6.45, 7) is 6.80. The summed E-state index contributed by atoms with van der Waals surface area (Å²) < 4.78 is 0. The molecule has 0 aromatic rings. The summed E-state index contributed by atoms with van der Waals surface area (Å²) in [7, 11) is 0. The van der Waals surface area contributed by atoms with Crippen LogP contribution in [0.15, 0.2) is 0 Å². The van der Waals surface area contributed by atoms with E-state index in [1.165, 1.54) is 0 Å². The van der Waals surface area contributed by atoms with Crippen molar-refractivity contribution in [3.05, 3.63) is 0 Å². The van der Waals surface area contributed by atoms with E-state index in [2.05, 4.69) is 19.2 Å². The molecule has 3 nitrogen and oxygen atoms in total. The highest BCUT2D eigenvalue weighted by molar-refractivity contribution is 5.76. The number of nitrogens with one attached hydrogen (secondary N) is 1. The van der Waals surface area contributed by atoms with E-state index >= 15 is 0 Å². The Morgan fingerprint density at radius 2 is 2.40 bits per heavy atom. The number of rotatable bonds is 2. The number of urea groups is 1. The number of hydrogen-bond donors (Lipinski definition) is 1. The molecule has 1 rings (SSSR count). The molecule has 3 heteroatoms. The summed E-state index contributed by atoms with van der Waals surface area (Å²) in [5.74, 6) is 0.573. The van der Waals surface area contributed by atoms with Crippen LogP contribution in [0.5, 0.6) is 0 Å². The van der Waals surface area contributed by atoms with Crippen molar-refractivity contribution in [3.8, 4) is 0 Å². The van der Waals surface area contributed by atoms with Crippen LogP contribution in [0.3, 0.4) is 0 Å². The number of hydrogen-bond acceptors (Lipinski definition) is 1. The lowest BCUT2D eigenvalue weighted by Crippen LogP contribution is -2.31. The molecule has 58 valence electrons. The third kappa shape index (κ3) is 1.62. The predicted molar refractivity (Wildman–Crippen MR) is 39.8 cm³/mol. The Morgan fingerprint density at radius 3 is 2.80 bits per heavy atom. The lowest BCUT2D eigenvalue weighted by molar-refractivity contribution is 0.212. The van der Waals surface area contributed by atoms with Gasteiger partial charge in [0.05, 0.1) is 0 Å². The number of carbonyl (C=O) groups is 1. The highest BCUT2D eigenvalue weighted by atomic mass is 16.2. The molecule has 1 N–H and O–H groups in total. The van der Waals surface area contributed by atoms with Crippen molar-refractivity contribution in [2.45, 2.75) is 13.8 Å². The molecule has 0 bridgehead atoms. The van der Waals surface area contributed by atoms with Crippen molar-refractivity contribution >= 4 is 6.03 Å². The van der Waals surface area contributed by atoms with Crippen molar-refractivity contribution in [2.75, 3.05) is 19.6 Å². The second kappa shape index (κ2) is 2.90. The average molecular weight is 142 g/mol. The first kappa shape index (κ1) is 7.38. The van der Waals surface area contributed by atoms with Gasteiger partial charge in [0.15, 0.2) is 0 Å². The quantitative estimate of drug-likeness (QED) is 0.603. The fourth-order valence-corrected chi connectivity index (χ4v) is 1.13. The second-order valence-electron chi connectivity index (χ2n) is 3.07. The van der Waals surface area contributed by atoms with E-state index in [1.54, 1.807) is 0 Å². The van der Waals surface area contributed by atoms with Gasteiger partial charge in [-0.2, -0.15) is 0 Å². The Bertz CT molecular complexity index is 134. The molecule has 0 aliphatic carbocycles. The zero-order valence-electron chi connectivity index (χ0n) is 6.55. The standard InChI is InChI=1S/C7H14N2O/c1-6(2)5-9-4-3-8-7(9)10/h6H,3-5H2,1-2H3,(H,8,10). The van der Waals surface area contributed by atoms with Gasteiger partial charge in [-0.15, -0.1) is 0 Å². The van der Waals surface area contributed by atoms with E-state index in [0.717, 1.165) is 19.6 Å². The van der Waals surface area contributed by atoms with Gasteiger partial charge in [0.25, 0.3) is 0 Å². The van der Waals surface area contributed by atoms with Crippen molar-refractivity contribution in [3.63, 3.8) is 0 Å². The van der Waals surface area contributed by atoms with E-state index in [-0.39, 0.29) is 6.03 Å². The summed E-state index contributed by atoms with van der Waals surface area (Å²) in [5.41, 5.74) is 0. The Kier molecular flexibility index (Phi) is 2.14. The minimum atomic E-state index is 0.0914. The van der Waals surface area contributed by atoms with E-state index in [1.807, 2.05) is 4.90 Å². The molecule has 0 atom stereocenters. The van der Waals surface area contributed by atoms with E-state index < -0.39 is 0 Å². The van der Waals surface area contributed by atoms with Crippen LogP contribution in [0.1, 0.15) is 13.8 Å². The second-order valence-corrected chi connectivity index (χ2v) is 3.07. The van der Waals surface area contributed by atoms with Gasteiger partial charge < -0.3 is 10.2 Å². The molecule has 1 saturated heterocycles. The molecular weight excluding hydrogens is 128 g/mol. The first-order chi connectivity index (χ1) is 4.70. The zero-order valence-corrected chi connectivity index (χ0v) is 6.55. The summed E-state index contributed by atoms with van der Waals surface area (Å²) in [6.07, 6.45) is 0. The van der Waals surface area contributed by atoms with Gasteiger partial charge in [-0.05, 0) is 5.92 Å². The molecule has 0 unspecified atom stereocenters. The minimum absolute atomic E-state index is 0.0914. The van der Waals surface area contributed by atoms with Gasteiger partial charge in [-0.3, -0.25) is 0 Å². The summed E-state index contributed by atoms with van der Waals surface area (Å²) >= 11 is 0. The minimum Gasteiger partial charge on any atom is -0.336 e. The van der Waals surface area contributed by atoms with Crippen LogP contribution in [0.4, 0.5) is 4.79 Å². The lowest BCUT2D eigenvalue weighted by Gasteiger charge is -2.15.